The quantitative estimate of drug-likeness (QED) is 0.905. The van der Waals surface area contributed by atoms with E-state index < -0.39 is 0 Å². The third-order valence-electron chi connectivity index (χ3n) is 2.96. The fourth-order valence-corrected chi connectivity index (χ4v) is 1.84. The predicted octanol–water partition coefficient (Wildman–Crippen LogP) is 3.27. The lowest BCUT2D eigenvalue weighted by Gasteiger charge is -2.12. The summed E-state index contributed by atoms with van der Waals surface area (Å²) in [5, 5.41) is 3.08. The Morgan fingerprint density at radius 3 is 2.60 bits per heavy atom. The van der Waals surface area contributed by atoms with Crippen molar-refractivity contribution in [2.75, 3.05) is 12.4 Å². The minimum atomic E-state index is 0.582. The van der Waals surface area contributed by atoms with Gasteiger partial charge >= 0.3 is 0 Å². The first-order chi connectivity index (χ1) is 9.63. The van der Waals surface area contributed by atoms with Crippen LogP contribution in [0.3, 0.4) is 0 Å². The van der Waals surface area contributed by atoms with E-state index in [4.69, 9.17) is 4.74 Å². The fraction of sp³-hybridized carbons (Fsp3) is 0.400. The van der Waals surface area contributed by atoms with Crippen LogP contribution in [0, 0.1) is 13.8 Å². The summed E-state index contributed by atoms with van der Waals surface area (Å²) in [4.78, 5) is 13.2. The van der Waals surface area contributed by atoms with Crippen molar-refractivity contribution in [3.05, 3.63) is 35.4 Å². The number of aryl methyl sites for hydroxylation is 2. The number of nitrogens with one attached hydrogen (secondary N) is 1. The van der Waals surface area contributed by atoms with Gasteiger partial charge in [0.1, 0.15) is 17.4 Å². The zero-order chi connectivity index (χ0) is 14.5. The molecule has 0 bridgehead atoms. The van der Waals surface area contributed by atoms with E-state index >= 15 is 0 Å². The van der Waals surface area contributed by atoms with Crippen molar-refractivity contribution in [3.8, 4) is 11.6 Å². The van der Waals surface area contributed by atoms with Crippen LogP contribution in [0.1, 0.15) is 30.4 Å². The Morgan fingerprint density at radius 1 is 1.20 bits per heavy atom. The summed E-state index contributed by atoms with van der Waals surface area (Å²) in [7, 11) is 1.85. The molecule has 0 atom stereocenters. The molecule has 0 saturated heterocycles. The Bertz CT molecular complexity index is 581. The smallest absolute Gasteiger partial charge is 0.227 e. The molecule has 106 valence electrons. The molecule has 2 rings (SSSR count). The highest BCUT2D eigenvalue weighted by Gasteiger charge is 2.12. The number of hydrogen-bond donors (Lipinski definition) is 1. The number of ether oxygens (including phenoxy) is 1. The molecule has 0 aromatic carbocycles. The molecule has 2 heterocycles. The Labute approximate surface area is 119 Å². The van der Waals surface area contributed by atoms with Gasteiger partial charge in [-0.3, -0.25) is 4.98 Å². The van der Waals surface area contributed by atoms with Crippen LogP contribution < -0.4 is 10.1 Å². The van der Waals surface area contributed by atoms with Gasteiger partial charge in [-0.15, -0.1) is 0 Å². The SMILES string of the molecule is CCCc1nc(NC)c(C)c(Oc2ccc(C)nc2)n1. The third-order valence-corrected chi connectivity index (χ3v) is 2.96. The van der Waals surface area contributed by atoms with Gasteiger partial charge in [-0.05, 0) is 32.4 Å². The Balaban J connectivity index is 2.33. The highest BCUT2D eigenvalue weighted by atomic mass is 16.5. The van der Waals surface area contributed by atoms with Gasteiger partial charge in [0.2, 0.25) is 5.88 Å². The lowest BCUT2D eigenvalue weighted by Crippen LogP contribution is -2.05. The first-order valence-electron chi connectivity index (χ1n) is 6.79. The highest BCUT2D eigenvalue weighted by Crippen LogP contribution is 2.26. The second kappa shape index (κ2) is 6.32. The van der Waals surface area contributed by atoms with E-state index in [1.54, 1.807) is 6.20 Å². The van der Waals surface area contributed by atoms with Crippen molar-refractivity contribution >= 4 is 5.82 Å². The van der Waals surface area contributed by atoms with Crippen LogP contribution in [0.25, 0.3) is 0 Å². The molecule has 0 aliphatic carbocycles. The lowest BCUT2D eigenvalue weighted by molar-refractivity contribution is 0.452. The van der Waals surface area contributed by atoms with E-state index in [-0.39, 0.29) is 0 Å². The fourth-order valence-electron chi connectivity index (χ4n) is 1.84. The van der Waals surface area contributed by atoms with Gasteiger partial charge in [-0.2, -0.15) is 4.98 Å². The lowest BCUT2D eigenvalue weighted by atomic mass is 10.3. The Hall–Kier alpha value is -2.17. The van der Waals surface area contributed by atoms with Gasteiger partial charge in [-0.25, -0.2) is 4.98 Å². The largest absolute Gasteiger partial charge is 0.437 e. The molecule has 2 aromatic rings. The number of pyridine rings is 1. The van der Waals surface area contributed by atoms with E-state index in [0.29, 0.717) is 11.6 Å². The molecule has 1 N–H and O–H groups in total. The third kappa shape index (κ3) is 3.23. The molecule has 2 aromatic heterocycles. The first kappa shape index (κ1) is 14.2. The van der Waals surface area contributed by atoms with Crippen molar-refractivity contribution in [1.82, 2.24) is 15.0 Å². The monoisotopic (exact) mass is 272 g/mol. The van der Waals surface area contributed by atoms with Crippen LogP contribution >= 0.6 is 0 Å². The average molecular weight is 272 g/mol. The van der Waals surface area contributed by atoms with Crippen LogP contribution in [-0.2, 0) is 6.42 Å². The maximum Gasteiger partial charge on any atom is 0.227 e. The summed E-state index contributed by atoms with van der Waals surface area (Å²) < 4.78 is 5.84. The maximum absolute atomic E-state index is 5.84. The Kier molecular flexibility index (Phi) is 4.50. The highest BCUT2D eigenvalue weighted by molar-refractivity contribution is 5.49. The first-order valence-corrected chi connectivity index (χ1v) is 6.79. The standard InChI is InChI=1S/C15H20N4O/c1-5-6-13-18-14(16-4)11(3)15(19-13)20-12-8-7-10(2)17-9-12/h7-9H,5-6H2,1-4H3,(H,16,18,19). The van der Waals surface area contributed by atoms with Crippen molar-refractivity contribution in [1.29, 1.82) is 0 Å². The molecule has 0 aliphatic rings. The molecule has 0 fully saturated rings. The van der Waals surface area contributed by atoms with Crippen LogP contribution in [0.5, 0.6) is 11.6 Å². The second-order valence-electron chi connectivity index (χ2n) is 4.66. The molecule has 20 heavy (non-hydrogen) atoms. The molecule has 5 nitrogen and oxygen atoms in total. The summed E-state index contributed by atoms with van der Waals surface area (Å²) in [6, 6.07) is 3.81. The molecular weight excluding hydrogens is 252 g/mol. The van der Waals surface area contributed by atoms with Crippen molar-refractivity contribution in [2.24, 2.45) is 0 Å². The van der Waals surface area contributed by atoms with E-state index in [2.05, 4.69) is 27.2 Å². The van der Waals surface area contributed by atoms with Crippen LogP contribution in [0.2, 0.25) is 0 Å². The van der Waals surface area contributed by atoms with Gasteiger partial charge in [0.25, 0.3) is 0 Å². The minimum Gasteiger partial charge on any atom is -0.437 e. The number of anilines is 1. The molecular formula is C15H20N4O. The zero-order valence-electron chi connectivity index (χ0n) is 12.4. The molecule has 0 unspecified atom stereocenters. The minimum absolute atomic E-state index is 0.582. The number of rotatable bonds is 5. The van der Waals surface area contributed by atoms with E-state index in [9.17, 15) is 0 Å². The van der Waals surface area contributed by atoms with Crippen LogP contribution in [0.15, 0.2) is 18.3 Å². The number of aromatic nitrogens is 3. The molecule has 5 heteroatoms. The number of hydrogen-bond acceptors (Lipinski definition) is 5. The van der Waals surface area contributed by atoms with Crippen molar-refractivity contribution in [3.63, 3.8) is 0 Å². The average Bonchev–Trinajstić information content (AvgIpc) is 2.45. The Morgan fingerprint density at radius 2 is 2.00 bits per heavy atom. The van der Waals surface area contributed by atoms with Gasteiger partial charge < -0.3 is 10.1 Å². The summed E-state index contributed by atoms with van der Waals surface area (Å²) in [5.74, 6) is 2.86. The second-order valence-corrected chi connectivity index (χ2v) is 4.66. The van der Waals surface area contributed by atoms with Crippen molar-refractivity contribution < 1.29 is 4.74 Å². The normalized spacial score (nSPS) is 10.4. The van der Waals surface area contributed by atoms with Gasteiger partial charge in [0, 0.05) is 19.2 Å². The van der Waals surface area contributed by atoms with Gasteiger partial charge in [-0.1, -0.05) is 6.92 Å². The topological polar surface area (TPSA) is 59.9 Å². The van der Waals surface area contributed by atoms with Crippen LogP contribution in [0.4, 0.5) is 5.82 Å². The molecule has 0 spiro atoms. The zero-order valence-corrected chi connectivity index (χ0v) is 12.4. The molecule has 0 radical (unpaired) electrons. The molecule has 0 amide bonds. The van der Waals surface area contributed by atoms with Gasteiger partial charge in [0.15, 0.2) is 0 Å². The van der Waals surface area contributed by atoms with E-state index in [1.165, 1.54) is 0 Å². The van der Waals surface area contributed by atoms with Crippen LogP contribution in [-0.4, -0.2) is 22.0 Å². The predicted molar refractivity (Wildman–Crippen MR) is 79.4 cm³/mol. The molecule has 0 saturated carbocycles. The summed E-state index contributed by atoms with van der Waals surface area (Å²) in [5.41, 5.74) is 1.85. The molecule has 0 aliphatic heterocycles. The van der Waals surface area contributed by atoms with E-state index in [1.807, 2.05) is 33.0 Å². The van der Waals surface area contributed by atoms with E-state index in [0.717, 1.165) is 35.7 Å². The summed E-state index contributed by atoms with van der Waals surface area (Å²) in [6.07, 6.45) is 3.53. The maximum atomic E-state index is 5.84. The van der Waals surface area contributed by atoms with Crippen molar-refractivity contribution in [2.45, 2.75) is 33.6 Å². The summed E-state index contributed by atoms with van der Waals surface area (Å²) in [6.45, 7) is 5.99. The van der Waals surface area contributed by atoms with Gasteiger partial charge in [0.05, 0.1) is 11.8 Å². The number of nitrogens with zero attached hydrogens (tertiary/aromatic N) is 3. The summed E-state index contributed by atoms with van der Waals surface area (Å²) >= 11 is 0.